The molecule has 1 aliphatic carbocycles. The summed E-state index contributed by atoms with van der Waals surface area (Å²) in [4.78, 5) is 25.4. The number of benzene rings is 1. The smallest absolute Gasteiger partial charge is 0.272 e. The largest absolute Gasteiger partial charge is 0.383 e. The molecule has 30 heavy (non-hydrogen) atoms. The standard InChI is InChI=1S/C19H22ClN7O3/c1-19(5-6-19)9-16(28)18(30)27-15(4-7-23-27)17(29)21-10-12-8-13(20)2-3-14(12)26-11-22-24-25-26/h2-3,7-8,11,15-16,28H,4-6,9-10H2,1H3,(H,21,29)/t15?,16-/m1/s1. The number of carbonyl (C=O) groups is 2. The van der Waals surface area contributed by atoms with E-state index in [1.54, 1.807) is 18.2 Å². The van der Waals surface area contributed by atoms with Gasteiger partial charge in [-0.15, -0.1) is 5.10 Å². The van der Waals surface area contributed by atoms with Crippen molar-refractivity contribution < 1.29 is 14.7 Å². The number of aliphatic hydroxyl groups is 1. The fourth-order valence-electron chi connectivity index (χ4n) is 3.46. The van der Waals surface area contributed by atoms with Gasteiger partial charge in [-0.3, -0.25) is 9.59 Å². The Bertz CT molecular complexity index is 975. The van der Waals surface area contributed by atoms with E-state index in [0.717, 1.165) is 17.9 Å². The summed E-state index contributed by atoms with van der Waals surface area (Å²) in [5.74, 6) is -0.914. The molecule has 2 heterocycles. The number of carbonyl (C=O) groups excluding carboxylic acids is 2. The Morgan fingerprint density at radius 2 is 2.20 bits per heavy atom. The molecule has 1 saturated carbocycles. The SMILES string of the molecule is CC1(C[C@@H](O)C(=O)N2N=CCC2C(=O)NCc2cc(Cl)ccc2-n2cnnn2)CC1. The number of aliphatic hydroxyl groups excluding tert-OH is 1. The Hall–Kier alpha value is -2.85. The van der Waals surface area contributed by atoms with Crippen molar-refractivity contribution >= 4 is 29.6 Å². The van der Waals surface area contributed by atoms with E-state index >= 15 is 0 Å². The molecule has 158 valence electrons. The van der Waals surface area contributed by atoms with Crippen molar-refractivity contribution in [3.05, 3.63) is 35.1 Å². The Labute approximate surface area is 177 Å². The van der Waals surface area contributed by atoms with Gasteiger partial charge < -0.3 is 10.4 Å². The molecule has 2 atom stereocenters. The maximum Gasteiger partial charge on any atom is 0.272 e. The molecule has 0 bridgehead atoms. The number of aromatic nitrogens is 4. The van der Waals surface area contributed by atoms with E-state index < -0.39 is 18.1 Å². The van der Waals surface area contributed by atoms with Crippen molar-refractivity contribution in [2.45, 2.75) is 51.3 Å². The van der Waals surface area contributed by atoms with Gasteiger partial charge in [0.25, 0.3) is 5.91 Å². The molecule has 1 aromatic heterocycles. The minimum atomic E-state index is -1.16. The summed E-state index contributed by atoms with van der Waals surface area (Å²) in [5, 5.41) is 29.9. The molecule has 2 aliphatic rings. The lowest BCUT2D eigenvalue weighted by Crippen LogP contribution is -2.48. The lowest BCUT2D eigenvalue weighted by Gasteiger charge is -2.24. The topological polar surface area (TPSA) is 126 Å². The first kappa shape index (κ1) is 20.4. The second-order valence-corrected chi connectivity index (χ2v) is 8.44. The molecule has 1 fully saturated rings. The zero-order valence-electron chi connectivity index (χ0n) is 16.4. The van der Waals surface area contributed by atoms with Gasteiger partial charge in [-0.25, -0.2) is 9.69 Å². The van der Waals surface area contributed by atoms with Crippen molar-refractivity contribution in [3.8, 4) is 5.69 Å². The average molecular weight is 432 g/mol. The summed E-state index contributed by atoms with van der Waals surface area (Å²) in [6.07, 6.45) is 4.45. The average Bonchev–Trinajstić information content (AvgIpc) is 3.15. The first-order chi connectivity index (χ1) is 14.4. The van der Waals surface area contributed by atoms with Crippen LogP contribution in [0.5, 0.6) is 0 Å². The van der Waals surface area contributed by atoms with Crippen LogP contribution in [0.3, 0.4) is 0 Å². The summed E-state index contributed by atoms with van der Waals surface area (Å²) in [5.41, 5.74) is 1.39. The fraction of sp³-hybridized carbons (Fsp3) is 0.474. The zero-order chi connectivity index (χ0) is 21.3. The van der Waals surface area contributed by atoms with E-state index in [0.29, 0.717) is 22.7 Å². The molecule has 1 unspecified atom stereocenters. The number of rotatable bonds is 7. The van der Waals surface area contributed by atoms with Crippen LogP contribution < -0.4 is 5.32 Å². The first-order valence-corrected chi connectivity index (χ1v) is 10.1. The Kier molecular flexibility index (Phi) is 5.52. The van der Waals surface area contributed by atoms with Gasteiger partial charge in [0.15, 0.2) is 0 Å². The van der Waals surface area contributed by atoms with E-state index in [1.807, 2.05) is 6.92 Å². The predicted molar refractivity (Wildman–Crippen MR) is 108 cm³/mol. The van der Waals surface area contributed by atoms with E-state index in [-0.39, 0.29) is 24.3 Å². The van der Waals surface area contributed by atoms with Crippen LogP contribution in [-0.4, -0.2) is 60.5 Å². The van der Waals surface area contributed by atoms with Crippen LogP contribution in [0.2, 0.25) is 5.02 Å². The summed E-state index contributed by atoms with van der Waals surface area (Å²) < 4.78 is 1.47. The third kappa shape index (κ3) is 4.34. The predicted octanol–water partition coefficient (Wildman–Crippen LogP) is 1.07. The van der Waals surface area contributed by atoms with Crippen molar-refractivity contribution in [3.63, 3.8) is 0 Å². The van der Waals surface area contributed by atoms with E-state index in [4.69, 9.17) is 11.6 Å². The number of hydrogen-bond donors (Lipinski definition) is 2. The molecule has 0 radical (unpaired) electrons. The third-order valence-corrected chi connectivity index (χ3v) is 5.76. The number of nitrogens with one attached hydrogen (secondary N) is 1. The zero-order valence-corrected chi connectivity index (χ0v) is 17.2. The lowest BCUT2D eigenvalue weighted by atomic mass is 10.00. The third-order valence-electron chi connectivity index (χ3n) is 5.52. The first-order valence-electron chi connectivity index (χ1n) is 9.69. The van der Waals surface area contributed by atoms with Gasteiger partial charge in [0, 0.05) is 24.2 Å². The summed E-state index contributed by atoms with van der Waals surface area (Å²) in [7, 11) is 0. The van der Waals surface area contributed by atoms with Crippen LogP contribution in [0.25, 0.3) is 5.69 Å². The van der Waals surface area contributed by atoms with Crippen molar-refractivity contribution in [2.75, 3.05) is 0 Å². The highest BCUT2D eigenvalue weighted by Crippen LogP contribution is 2.49. The molecule has 0 saturated heterocycles. The lowest BCUT2D eigenvalue weighted by molar-refractivity contribution is -0.147. The van der Waals surface area contributed by atoms with Crippen LogP contribution in [0.1, 0.15) is 38.2 Å². The van der Waals surface area contributed by atoms with Crippen LogP contribution in [0.4, 0.5) is 0 Å². The molecule has 1 aromatic carbocycles. The number of halogens is 1. The van der Waals surface area contributed by atoms with E-state index in [1.165, 1.54) is 17.2 Å². The van der Waals surface area contributed by atoms with Gasteiger partial charge in [0.05, 0.1) is 5.69 Å². The van der Waals surface area contributed by atoms with Crippen LogP contribution in [-0.2, 0) is 16.1 Å². The number of tetrazole rings is 1. The second kappa shape index (κ2) is 8.11. The number of nitrogens with zero attached hydrogens (tertiary/aromatic N) is 6. The van der Waals surface area contributed by atoms with Gasteiger partial charge in [0.1, 0.15) is 18.5 Å². The molecule has 2 amide bonds. The van der Waals surface area contributed by atoms with Gasteiger partial charge >= 0.3 is 0 Å². The molecule has 0 spiro atoms. The van der Waals surface area contributed by atoms with Gasteiger partial charge in [-0.05, 0) is 58.9 Å². The quantitative estimate of drug-likeness (QED) is 0.675. The highest BCUT2D eigenvalue weighted by atomic mass is 35.5. The van der Waals surface area contributed by atoms with Crippen molar-refractivity contribution in [2.24, 2.45) is 10.5 Å². The highest BCUT2D eigenvalue weighted by Gasteiger charge is 2.43. The van der Waals surface area contributed by atoms with Crippen molar-refractivity contribution in [1.29, 1.82) is 0 Å². The molecular formula is C19H22ClN7O3. The van der Waals surface area contributed by atoms with E-state index in [2.05, 4.69) is 25.9 Å². The molecular weight excluding hydrogens is 410 g/mol. The maximum absolute atomic E-state index is 12.8. The Balaban J connectivity index is 1.42. The molecule has 2 aromatic rings. The van der Waals surface area contributed by atoms with Gasteiger partial charge in [0.2, 0.25) is 5.91 Å². The molecule has 2 N–H and O–H groups in total. The highest BCUT2D eigenvalue weighted by molar-refractivity contribution is 6.30. The number of amides is 2. The van der Waals surface area contributed by atoms with Crippen LogP contribution >= 0.6 is 11.6 Å². The van der Waals surface area contributed by atoms with Gasteiger partial charge in [-0.1, -0.05) is 18.5 Å². The summed E-state index contributed by atoms with van der Waals surface area (Å²) in [6.45, 7) is 2.20. The molecule has 10 nitrogen and oxygen atoms in total. The molecule has 1 aliphatic heterocycles. The fourth-order valence-corrected chi connectivity index (χ4v) is 3.65. The molecule has 11 heteroatoms. The van der Waals surface area contributed by atoms with Crippen LogP contribution in [0.15, 0.2) is 29.6 Å². The minimum Gasteiger partial charge on any atom is -0.383 e. The van der Waals surface area contributed by atoms with Gasteiger partial charge in [-0.2, -0.15) is 5.10 Å². The van der Waals surface area contributed by atoms with Crippen LogP contribution in [0, 0.1) is 5.41 Å². The normalized spacial score (nSPS) is 20.2. The maximum atomic E-state index is 12.8. The monoisotopic (exact) mass is 431 g/mol. The summed E-state index contributed by atoms with van der Waals surface area (Å²) >= 11 is 6.10. The number of hydrazone groups is 1. The summed E-state index contributed by atoms with van der Waals surface area (Å²) in [6, 6.07) is 4.38. The Morgan fingerprint density at radius 1 is 1.40 bits per heavy atom. The van der Waals surface area contributed by atoms with E-state index in [9.17, 15) is 14.7 Å². The molecule has 4 rings (SSSR count). The minimum absolute atomic E-state index is 0.00939. The van der Waals surface area contributed by atoms with Crippen molar-refractivity contribution in [1.82, 2.24) is 30.5 Å². The Morgan fingerprint density at radius 3 is 2.90 bits per heavy atom. The second-order valence-electron chi connectivity index (χ2n) is 8.01. The number of hydrogen-bond acceptors (Lipinski definition) is 7.